The van der Waals surface area contributed by atoms with E-state index in [0.717, 1.165) is 60.7 Å². The van der Waals surface area contributed by atoms with Gasteiger partial charge in [-0.1, -0.05) is 58.4 Å². The number of benzene rings is 5. The molecule has 0 saturated carbocycles. The third-order valence-corrected chi connectivity index (χ3v) is 10.4. The molecule has 0 radical (unpaired) electrons. The number of carbonyl (C=O) groups excluding carboxylic acids is 4. The van der Waals surface area contributed by atoms with Crippen molar-refractivity contribution in [3.63, 3.8) is 0 Å². The average Bonchev–Trinajstić information content (AvgIpc) is 3.21. The molecule has 0 aliphatic rings. The van der Waals surface area contributed by atoms with Gasteiger partial charge in [0.1, 0.15) is 23.0 Å². The fourth-order valence-electron chi connectivity index (χ4n) is 5.40. The molecule has 0 aliphatic heterocycles. The smallest absolute Gasteiger partial charge is 0.343 e. The second kappa shape index (κ2) is 22.3. The highest BCUT2D eigenvalue weighted by Crippen LogP contribution is 2.28. The van der Waals surface area contributed by atoms with Crippen molar-refractivity contribution in [2.24, 2.45) is 0 Å². The highest BCUT2D eigenvalue weighted by molar-refractivity contribution is 8.14. The fraction of sp³-hybridized carbons (Fsp3) is 0.261. The highest BCUT2D eigenvalue weighted by atomic mass is 32.2. The van der Waals surface area contributed by atoms with Crippen LogP contribution >= 0.6 is 23.5 Å². The van der Waals surface area contributed by atoms with Gasteiger partial charge in [0, 0.05) is 27.0 Å². The van der Waals surface area contributed by atoms with Crippen molar-refractivity contribution in [3.05, 3.63) is 144 Å². The molecule has 0 atom stereocenters. The molecular weight excluding hydrogens is 745 g/mol. The van der Waals surface area contributed by atoms with E-state index in [0.29, 0.717) is 45.3 Å². The minimum atomic E-state index is -0.605. The molecule has 10 heteroatoms. The van der Waals surface area contributed by atoms with Crippen LogP contribution in [-0.2, 0) is 0 Å². The molecule has 0 heterocycles. The molecule has 8 nitrogen and oxygen atoms in total. The van der Waals surface area contributed by atoms with E-state index >= 15 is 0 Å². The quantitative estimate of drug-likeness (QED) is 0.0327. The van der Waals surface area contributed by atoms with Gasteiger partial charge < -0.3 is 18.9 Å². The first-order valence-corrected chi connectivity index (χ1v) is 20.6. The number of rotatable bonds is 20. The lowest BCUT2D eigenvalue weighted by molar-refractivity contribution is 0.0732. The van der Waals surface area contributed by atoms with E-state index in [4.69, 9.17) is 18.9 Å². The van der Waals surface area contributed by atoms with Gasteiger partial charge in [-0.25, -0.2) is 9.59 Å². The molecule has 0 saturated heterocycles. The number of thioether (sulfide) groups is 2. The summed E-state index contributed by atoms with van der Waals surface area (Å²) in [6.07, 6.45) is 9.03. The minimum Gasteiger partial charge on any atom is -0.494 e. The predicted molar refractivity (Wildman–Crippen MR) is 222 cm³/mol. The Morgan fingerprint density at radius 1 is 0.429 bits per heavy atom. The maximum atomic E-state index is 12.9. The molecule has 0 aliphatic carbocycles. The van der Waals surface area contributed by atoms with Gasteiger partial charge in [-0.15, -0.1) is 0 Å². The molecule has 5 aromatic rings. The lowest BCUT2D eigenvalue weighted by Gasteiger charge is -2.09. The van der Waals surface area contributed by atoms with Crippen LogP contribution in [-0.4, -0.2) is 35.4 Å². The molecule has 56 heavy (non-hydrogen) atoms. The molecule has 0 fully saturated rings. The van der Waals surface area contributed by atoms with E-state index in [1.807, 2.05) is 0 Å². The molecule has 0 bridgehead atoms. The summed E-state index contributed by atoms with van der Waals surface area (Å²) in [5.74, 6) is 0.653. The molecule has 5 rings (SSSR count). The standard InChI is InChI=1S/C46H46O8S2/c1-3-5-7-9-30-51-37-22-14-35(15-23-37)45(49)55-41-26-18-33(19-27-41)43(47)53-39-12-11-13-40(32-39)54-44(48)34-20-28-42(29-21-34)56-46(50)36-16-24-38(25-17-36)52-31-10-8-6-4-2/h11-29,32H,3-10,30-31H2,1-2H3. The van der Waals surface area contributed by atoms with Crippen molar-refractivity contribution < 1.29 is 38.1 Å². The van der Waals surface area contributed by atoms with Crippen LogP contribution in [0.2, 0.25) is 0 Å². The Morgan fingerprint density at radius 3 is 1.18 bits per heavy atom. The maximum Gasteiger partial charge on any atom is 0.343 e. The van der Waals surface area contributed by atoms with Crippen molar-refractivity contribution in [3.8, 4) is 23.0 Å². The Hall–Kier alpha value is -5.32. The number of hydrogen-bond donors (Lipinski definition) is 0. The summed E-state index contributed by atoms with van der Waals surface area (Å²) in [4.78, 5) is 52.9. The van der Waals surface area contributed by atoms with Gasteiger partial charge in [-0.3, -0.25) is 9.59 Å². The second-order valence-electron chi connectivity index (χ2n) is 12.9. The van der Waals surface area contributed by atoms with Crippen molar-refractivity contribution in [1.29, 1.82) is 0 Å². The predicted octanol–water partition coefficient (Wildman–Crippen LogP) is 11.9. The molecule has 0 N–H and O–H groups in total. The van der Waals surface area contributed by atoms with E-state index in [1.54, 1.807) is 115 Å². The van der Waals surface area contributed by atoms with Crippen LogP contribution in [0.1, 0.15) is 107 Å². The summed E-state index contributed by atoms with van der Waals surface area (Å²) in [7, 11) is 0. The van der Waals surface area contributed by atoms with Gasteiger partial charge in [0.25, 0.3) is 0 Å². The molecule has 0 aromatic heterocycles. The maximum absolute atomic E-state index is 12.9. The first-order chi connectivity index (χ1) is 27.3. The molecule has 5 aromatic carbocycles. The summed E-state index contributed by atoms with van der Waals surface area (Å²) in [6.45, 7) is 5.66. The first kappa shape index (κ1) is 41.8. The van der Waals surface area contributed by atoms with E-state index < -0.39 is 11.9 Å². The zero-order chi connectivity index (χ0) is 39.5. The molecule has 0 amide bonds. The average molecular weight is 791 g/mol. The summed E-state index contributed by atoms with van der Waals surface area (Å²) in [5.41, 5.74) is 1.69. The van der Waals surface area contributed by atoms with Gasteiger partial charge in [0.15, 0.2) is 0 Å². The zero-order valence-electron chi connectivity index (χ0n) is 31.7. The minimum absolute atomic E-state index is 0.123. The van der Waals surface area contributed by atoms with Crippen LogP contribution in [0.5, 0.6) is 23.0 Å². The Balaban J connectivity index is 1.06. The van der Waals surface area contributed by atoms with E-state index in [2.05, 4.69) is 13.8 Å². The number of carbonyl (C=O) groups is 4. The summed E-state index contributed by atoms with van der Waals surface area (Å²) in [6, 6.07) is 33.6. The largest absolute Gasteiger partial charge is 0.494 e. The van der Waals surface area contributed by atoms with Gasteiger partial charge in [0.2, 0.25) is 10.2 Å². The SMILES string of the molecule is CCCCCCOc1ccc(C(=O)Sc2ccc(C(=O)Oc3cccc(OC(=O)c4ccc(SC(=O)c5ccc(OCCCCCC)cc5)cc4)c3)cc2)cc1. The Morgan fingerprint density at radius 2 is 0.804 bits per heavy atom. The monoisotopic (exact) mass is 790 g/mol. The van der Waals surface area contributed by atoms with Gasteiger partial charge in [0.05, 0.1) is 24.3 Å². The molecule has 0 unspecified atom stereocenters. The zero-order valence-corrected chi connectivity index (χ0v) is 33.3. The first-order valence-electron chi connectivity index (χ1n) is 19.0. The molecule has 290 valence electrons. The number of unbranched alkanes of at least 4 members (excludes halogenated alkanes) is 6. The lowest BCUT2D eigenvalue weighted by atomic mass is 10.2. The van der Waals surface area contributed by atoms with Crippen LogP contribution < -0.4 is 18.9 Å². The van der Waals surface area contributed by atoms with Crippen LogP contribution in [0, 0.1) is 0 Å². The Labute approximate surface area is 337 Å². The topological polar surface area (TPSA) is 105 Å². The Bertz CT molecular complexity index is 1880. The van der Waals surface area contributed by atoms with Crippen molar-refractivity contribution in [1.82, 2.24) is 0 Å². The highest BCUT2D eigenvalue weighted by Gasteiger charge is 2.15. The summed E-state index contributed by atoms with van der Waals surface area (Å²) < 4.78 is 22.6. The summed E-state index contributed by atoms with van der Waals surface area (Å²) in [5, 5.41) is -0.246. The summed E-state index contributed by atoms with van der Waals surface area (Å²) >= 11 is 2.13. The number of ether oxygens (including phenoxy) is 4. The third kappa shape index (κ3) is 13.5. The van der Waals surface area contributed by atoms with Crippen LogP contribution in [0.4, 0.5) is 0 Å². The molecular formula is C46H46O8S2. The number of esters is 2. The fourth-order valence-corrected chi connectivity index (χ4v) is 6.88. The molecule has 0 spiro atoms. The normalized spacial score (nSPS) is 10.8. The van der Waals surface area contributed by atoms with Gasteiger partial charge in [-0.05, 0) is 146 Å². The van der Waals surface area contributed by atoms with Crippen molar-refractivity contribution in [2.45, 2.75) is 75.0 Å². The van der Waals surface area contributed by atoms with Crippen molar-refractivity contribution >= 4 is 45.7 Å². The van der Waals surface area contributed by atoms with Crippen LogP contribution in [0.3, 0.4) is 0 Å². The Kier molecular flexibility index (Phi) is 16.6. The van der Waals surface area contributed by atoms with E-state index in [1.165, 1.54) is 31.7 Å². The lowest BCUT2D eigenvalue weighted by Crippen LogP contribution is -2.10. The third-order valence-electron chi connectivity index (χ3n) is 8.54. The van der Waals surface area contributed by atoms with Crippen LogP contribution in [0.15, 0.2) is 131 Å². The van der Waals surface area contributed by atoms with Crippen LogP contribution in [0.25, 0.3) is 0 Å². The second-order valence-corrected chi connectivity index (χ2v) is 15.0. The van der Waals surface area contributed by atoms with Gasteiger partial charge >= 0.3 is 11.9 Å². The number of hydrogen-bond acceptors (Lipinski definition) is 10. The van der Waals surface area contributed by atoms with E-state index in [9.17, 15) is 19.2 Å². The van der Waals surface area contributed by atoms with E-state index in [-0.39, 0.29) is 21.7 Å². The van der Waals surface area contributed by atoms with Gasteiger partial charge in [-0.2, -0.15) is 0 Å². The van der Waals surface area contributed by atoms with Crippen molar-refractivity contribution in [2.75, 3.05) is 13.2 Å².